The van der Waals surface area contributed by atoms with Crippen LogP contribution in [0.3, 0.4) is 0 Å². The summed E-state index contributed by atoms with van der Waals surface area (Å²) in [5.74, 6) is -1.12. The molecule has 1 aromatic heterocycles. The van der Waals surface area contributed by atoms with Crippen molar-refractivity contribution >= 4 is 35.0 Å². The third-order valence-corrected chi connectivity index (χ3v) is 10.00. The van der Waals surface area contributed by atoms with Gasteiger partial charge in [-0.15, -0.1) is 11.3 Å². The van der Waals surface area contributed by atoms with Gasteiger partial charge in [0.15, 0.2) is 0 Å². The van der Waals surface area contributed by atoms with Gasteiger partial charge in [-0.05, 0) is 68.5 Å². The minimum atomic E-state index is -0.977. The van der Waals surface area contributed by atoms with Gasteiger partial charge in [-0.3, -0.25) is 19.2 Å². The molecule has 0 unspecified atom stereocenters. The third kappa shape index (κ3) is 12.0. The summed E-state index contributed by atoms with van der Waals surface area (Å²) < 4.78 is 0. The number of nitrogens with one attached hydrogen (secondary N) is 3. The zero-order chi connectivity index (χ0) is 35.9. The van der Waals surface area contributed by atoms with Crippen molar-refractivity contribution < 1.29 is 19.2 Å². The van der Waals surface area contributed by atoms with Crippen LogP contribution in [0.5, 0.6) is 0 Å². The zero-order valence-electron chi connectivity index (χ0n) is 29.3. The highest BCUT2D eigenvalue weighted by Gasteiger charge is 2.34. The molecule has 2 aromatic carbocycles. The van der Waals surface area contributed by atoms with Crippen molar-refractivity contribution in [1.82, 2.24) is 25.8 Å². The van der Waals surface area contributed by atoms with Crippen LogP contribution in [0.4, 0.5) is 0 Å². The molecule has 4 atom stereocenters. The van der Waals surface area contributed by atoms with E-state index in [0.29, 0.717) is 51.2 Å². The summed E-state index contributed by atoms with van der Waals surface area (Å²) in [5.41, 5.74) is 13.8. The van der Waals surface area contributed by atoms with E-state index in [1.807, 2.05) is 91.0 Å². The smallest absolute Gasteiger partial charge is 0.245 e. The van der Waals surface area contributed by atoms with E-state index in [4.69, 9.17) is 11.5 Å². The Hall–Kier alpha value is -4.13. The number of hydrogen-bond donors (Lipinski definition) is 5. The number of piperidine rings is 1. The summed E-state index contributed by atoms with van der Waals surface area (Å²) in [6.07, 6.45) is 6.17. The predicted molar refractivity (Wildman–Crippen MR) is 197 cm³/mol. The molecular weight excluding hydrogens is 651 g/mol. The summed E-state index contributed by atoms with van der Waals surface area (Å²) >= 11 is 1.64. The topological polar surface area (TPSA) is 173 Å². The fourth-order valence-corrected chi connectivity index (χ4v) is 7.11. The highest BCUT2D eigenvalue weighted by Crippen LogP contribution is 2.29. The molecule has 2 heterocycles. The Bertz CT molecular complexity index is 1480. The molecule has 1 saturated heterocycles. The number of carbonyl (C=O) groups is 4. The highest BCUT2D eigenvalue weighted by atomic mass is 32.1. The van der Waals surface area contributed by atoms with Crippen LogP contribution in [0.15, 0.2) is 72.2 Å². The van der Waals surface area contributed by atoms with Gasteiger partial charge < -0.3 is 32.3 Å². The second kappa shape index (κ2) is 19.9. The lowest BCUT2D eigenvalue weighted by Crippen LogP contribution is -2.59. The lowest BCUT2D eigenvalue weighted by molar-refractivity contribution is -0.138. The average molecular weight is 704 g/mol. The normalized spacial score (nSPS) is 15.9. The van der Waals surface area contributed by atoms with Crippen LogP contribution in [0.25, 0.3) is 0 Å². The van der Waals surface area contributed by atoms with Gasteiger partial charge in [0, 0.05) is 37.0 Å². The van der Waals surface area contributed by atoms with E-state index >= 15 is 0 Å². The second-order valence-corrected chi connectivity index (χ2v) is 14.5. The third-order valence-electron chi connectivity index (χ3n) is 9.06. The first kappa shape index (κ1) is 38.7. The number of thiazole rings is 1. The van der Waals surface area contributed by atoms with Crippen molar-refractivity contribution in [2.75, 3.05) is 19.6 Å². The Balaban J connectivity index is 1.45. The maximum Gasteiger partial charge on any atom is 0.245 e. The van der Waals surface area contributed by atoms with E-state index in [1.165, 1.54) is 0 Å². The molecule has 7 N–H and O–H groups in total. The number of amides is 4. The van der Waals surface area contributed by atoms with Crippen LogP contribution in [-0.2, 0) is 32.0 Å². The van der Waals surface area contributed by atoms with E-state index in [9.17, 15) is 19.2 Å². The molecule has 3 aromatic rings. The van der Waals surface area contributed by atoms with Gasteiger partial charge in [0.25, 0.3) is 0 Å². The summed E-state index contributed by atoms with van der Waals surface area (Å²) in [6.45, 7) is 5.60. The van der Waals surface area contributed by atoms with Crippen molar-refractivity contribution in [3.8, 4) is 0 Å². The number of nitrogens with zero attached hydrogens (tertiary/aromatic N) is 2. The van der Waals surface area contributed by atoms with E-state index in [1.54, 1.807) is 11.3 Å². The van der Waals surface area contributed by atoms with Gasteiger partial charge >= 0.3 is 0 Å². The first-order chi connectivity index (χ1) is 24.1. The number of aromatic nitrogens is 1. The van der Waals surface area contributed by atoms with Crippen LogP contribution in [0.1, 0.15) is 74.4 Å². The lowest BCUT2D eigenvalue weighted by Gasteiger charge is -2.34. The Morgan fingerprint density at radius 3 is 1.98 bits per heavy atom. The monoisotopic (exact) mass is 703 g/mol. The van der Waals surface area contributed by atoms with E-state index in [-0.39, 0.29) is 18.2 Å². The quantitative estimate of drug-likeness (QED) is 0.127. The van der Waals surface area contributed by atoms with E-state index in [2.05, 4.69) is 20.9 Å². The fraction of sp³-hybridized carbons (Fsp3) is 0.500. The molecule has 1 aliphatic rings. The summed E-state index contributed by atoms with van der Waals surface area (Å²) in [7, 11) is 0. The maximum atomic E-state index is 13.9. The largest absolute Gasteiger partial charge is 0.343 e. The van der Waals surface area contributed by atoms with Crippen molar-refractivity contribution in [3.05, 3.63) is 88.4 Å². The highest BCUT2D eigenvalue weighted by molar-refractivity contribution is 7.09. The number of hydrogen-bond acceptors (Lipinski definition) is 8. The Morgan fingerprint density at radius 2 is 1.40 bits per heavy atom. The molecule has 1 aliphatic heterocycles. The van der Waals surface area contributed by atoms with Crippen molar-refractivity contribution in [2.45, 2.75) is 95.3 Å². The van der Waals surface area contributed by atoms with Gasteiger partial charge in [-0.25, -0.2) is 4.98 Å². The molecule has 12 heteroatoms. The lowest BCUT2D eigenvalue weighted by atomic mass is 9.96. The maximum absolute atomic E-state index is 13.9. The summed E-state index contributed by atoms with van der Waals surface area (Å²) in [4.78, 5) is 61.3. The molecule has 0 aliphatic carbocycles. The van der Waals surface area contributed by atoms with Crippen LogP contribution in [0, 0.1) is 5.92 Å². The number of nitrogens with two attached hydrogens (primary N) is 2. The number of unbranched alkanes of at least 4 members (excludes halogenated alkanes) is 1. The molecule has 0 spiro atoms. The Labute approximate surface area is 300 Å². The standard InChI is InChI=1S/C38H53N7O4S/c1-26(2)23-32(35(47)42-31(15-9-10-18-39)38(49)45-20-16-29(17-21-45)37-41-19-22-50-37)44-36(48)33(25-28-13-7-4-8-14-28)43-34(46)30(40)24-27-11-5-3-6-12-27/h3-8,11-14,19,22,26,29-33H,9-10,15-18,20-21,23-25,39-40H2,1-2H3,(H,42,47)(H,43,46)(H,44,48)/t30-,31-,32-,33-/m1/s1. The van der Waals surface area contributed by atoms with Crippen LogP contribution in [0.2, 0.25) is 0 Å². The number of carbonyl (C=O) groups excluding carboxylic acids is 4. The number of likely N-dealkylation sites (tertiary alicyclic amines) is 1. The molecular formula is C38H53N7O4S. The Morgan fingerprint density at radius 1 is 0.820 bits per heavy atom. The molecule has 1 fully saturated rings. The minimum Gasteiger partial charge on any atom is -0.343 e. The molecule has 0 saturated carbocycles. The SMILES string of the molecule is CC(C)C[C@@H](NC(=O)[C@@H](Cc1ccccc1)NC(=O)[C@H](N)Cc1ccccc1)C(=O)N[C@H](CCCCN)C(=O)N1CCC(c2nccs2)CC1. The molecule has 50 heavy (non-hydrogen) atoms. The predicted octanol–water partition coefficient (Wildman–Crippen LogP) is 3.29. The fourth-order valence-electron chi connectivity index (χ4n) is 6.30. The van der Waals surface area contributed by atoms with Crippen LogP contribution >= 0.6 is 11.3 Å². The van der Waals surface area contributed by atoms with Gasteiger partial charge in [0.05, 0.1) is 11.0 Å². The zero-order valence-corrected chi connectivity index (χ0v) is 30.1. The van der Waals surface area contributed by atoms with Crippen molar-refractivity contribution in [2.24, 2.45) is 17.4 Å². The van der Waals surface area contributed by atoms with Crippen molar-refractivity contribution in [3.63, 3.8) is 0 Å². The molecule has 4 amide bonds. The Kier molecular flexibility index (Phi) is 15.4. The van der Waals surface area contributed by atoms with Gasteiger partial charge in [0.1, 0.15) is 18.1 Å². The van der Waals surface area contributed by atoms with Crippen molar-refractivity contribution in [1.29, 1.82) is 0 Å². The number of benzene rings is 2. The van der Waals surface area contributed by atoms with Gasteiger partial charge in [-0.1, -0.05) is 74.5 Å². The first-order valence-corrected chi connectivity index (χ1v) is 18.6. The molecule has 0 radical (unpaired) electrons. The summed E-state index contributed by atoms with van der Waals surface area (Å²) in [6, 6.07) is 15.3. The molecule has 270 valence electrons. The molecule has 4 rings (SSSR count). The van der Waals surface area contributed by atoms with Gasteiger partial charge in [0.2, 0.25) is 23.6 Å². The summed E-state index contributed by atoms with van der Waals surface area (Å²) in [5, 5.41) is 11.8. The number of rotatable bonds is 18. The average Bonchev–Trinajstić information content (AvgIpc) is 3.66. The molecule has 11 nitrogen and oxygen atoms in total. The second-order valence-electron chi connectivity index (χ2n) is 13.6. The van der Waals surface area contributed by atoms with Crippen LogP contribution < -0.4 is 27.4 Å². The van der Waals surface area contributed by atoms with Crippen LogP contribution in [-0.4, -0.2) is 77.3 Å². The first-order valence-electron chi connectivity index (χ1n) is 17.8. The van der Waals surface area contributed by atoms with E-state index in [0.717, 1.165) is 35.4 Å². The van der Waals surface area contributed by atoms with E-state index < -0.39 is 41.9 Å². The van der Waals surface area contributed by atoms with Gasteiger partial charge in [-0.2, -0.15) is 0 Å². The minimum absolute atomic E-state index is 0.0591. The molecule has 0 bridgehead atoms.